The number of hydrogen-bond acceptors (Lipinski definition) is 4. The maximum Gasteiger partial charge on any atom is 0.223 e. The fourth-order valence-corrected chi connectivity index (χ4v) is 3.33. The number of aromatic hydroxyl groups is 1. The van der Waals surface area contributed by atoms with Crippen LogP contribution in [0.3, 0.4) is 0 Å². The Hall–Kier alpha value is -2.53. The van der Waals surface area contributed by atoms with E-state index in [-0.39, 0.29) is 17.6 Å². The molecular weight excluding hydrogens is 328 g/mol. The van der Waals surface area contributed by atoms with Crippen LogP contribution in [0, 0.1) is 6.54 Å². The minimum Gasteiger partial charge on any atom is -0.508 e. The lowest BCUT2D eigenvalue weighted by Crippen LogP contribution is -2.43. The van der Waals surface area contributed by atoms with Crippen LogP contribution in [0.15, 0.2) is 48.5 Å². The normalized spacial score (nSPS) is 15.5. The van der Waals surface area contributed by atoms with E-state index in [9.17, 15) is 9.90 Å². The highest BCUT2D eigenvalue weighted by molar-refractivity contribution is 5.77. The van der Waals surface area contributed by atoms with Gasteiger partial charge in [-0.25, -0.2) is 0 Å². The average molecular weight is 353 g/mol. The van der Waals surface area contributed by atoms with Crippen molar-refractivity contribution in [2.75, 3.05) is 26.7 Å². The molecule has 1 aliphatic heterocycles. The van der Waals surface area contributed by atoms with E-state index in [1.54, 1.807) is 24.1 Å². The van der Waals surface area contributed by atoms with Crippen molar-refractivity contribution in [3.63, 3.8) is 0 Å². The summed E-state index contributed by atoms with van der Waals surface area (Å²) >= 11 is 0. The van der Waals surface area contributed by atoms with Crippen LogP contribution in [-0.2, 0) is 4.79 Å². The van der Waals surface area contributed by atoms with Crippen molar-refractivity contribution in [1.82, 2.24) is 10.2 Å². The van der Waals surface area contributed by atoms with Gasteiger partial charge in [0.05, 0.1) is 13.7 Å². The zero-order valence-electron chi connectivity index (χ0n) is 15.0. The van der Waals surface area contributed by atoms with E-state index < -0.39 is 0 Å². The lowest BCUT2D eigenvalue weighted by atomic mass is 9.86. The maximum atomic E-state index is 12.6. The first-order valence-corrected chi connectivity index (χ1v) is 8.94. The molecule has 5 heteroatoms. The van der Waals surface area contributed by atoms with Crippen LogP contribution < -0.4 is 10.1 Å². The van der Waals surface area contributed by atoms with Crippen LogP contribution >= 0.6 is 0 Å². The number of carbonyl (C=O) groups is 1. The highest BCUT2D eigenvalue weighted by Gasteiger charge is 2.22. The number of carbonyl (C=O) groups excluding carboxylic acids is 1. The molecule has 0 aromatic heterocycles. The molecule has 2 aromatic rings. The van der Waals surface area contributed by atoms with Gasteiger partial charge in [0.1, 0.15) is 11.5 Å². The van der Waals surface area contributed by atoms with Gasteiger partial charge in [0.25, 0.3) is 0 Å². The number of amides is 1. The molecule has 26 heavy (non-hydrogen) atoms. The molecule has 1 aliphatic rings. The van der Waals surface area contributed by atoms with Gasteiger partial charge < -0.3 is 20.1 Å². The second kappa shape index (κ2) is 8.72. The molecule has 0 spiro atoms. The van der Waals surface area contributed by atoms with Gasteiger partial charge in [-0.2, -0.15) is 0 Å². The summed E-state index contributed by atoms with van der Waals surface area (Å²) < 4.78 is 5.32. The summed E-state index contributed by atoms with van der Waals surface area (Å²) in [6.07, 6.45) is 1.05. The molecule has 1 heterocycles. The average Bonchev–Trinajstić information content (AvgIpc) is 2.70. The molecule has 2 N–H and O–H groups in total. The Balaban J connectivity index is 1.81. The first-order chi connectivity index (χ1) is 12.7. The topological polar surface area (TPSA) is 61.8 Å². The molecule has 0 saturated carbocycles. The molecule has 2 aromatic carbocycles. The third-order valence-corrected chi connectivity index (χ3v) is 4.76. The summed E-state index contributed by atoms with van der Waals surface area (Å²) in [4.78, 5) is 14.3. The van der Waals surface area contributed by atoms with E-state index in [1.807, 2.05) is 42.9 Å². The quantitative estimate of drug-likeness (QED) is 0.838. The SMILES string of the molecule is COc1ccc(O)c(C(CCC(=O)N2[CH]CNCC2)c2ccccc2)c1. The zero-order chi connectivity index (χ0) is 18.4. The maximum absolute atomic E-state index is 12.6. The third-order valence-electron chi connectivity index (χ3n) is 4.76. The molecular formula is C21H25N2O3. The second-order valence-electron chi connectivity index (χ2n) is 6.40. The number of nitrogens with zero attached hydrogens (tertiary/aromatic N) is 1. The third kappa shape index (κ3) is 4.35. The van der Waals surface area contributed by atoms with E-state index >= 15 is 0 Å². The summed E-state index contributed by atoms with van der Waals surface area (Å²) in [7, 11) is 1.61. The largest absolute Gasteiger partial charge is 0.508 e. The molecule has 1 fully saturated rings. The van der Waals surface area contributed by atoms with Crippen LogP contribution in [0.1, 0.15) is 29.9 Å². The van der Waals surface area contributed by atoms with Gasteiger partial charge in [0, 0.05) is 37.5 Å². The predicted octanol–water partition coefficient (Wildman–Crippen LogP) is 2.91. The van der Waals surface area contributed by atoms with Crippen molar-refractivity contribution >= 4 is 5.91 Å². The molecule has 1 atom stereocenters. The van der Waals surface area contributed by atoms with Crippen LogP contribution in [0.5, 0.6) is 11.5 Å². The number of nitrogens with one attached hydrogen (secondary N) is 1. The summed E-state index contributed by atoms with van der Waals surface area (Å²) in [6, 6.07) is 15.2. The van der Waals surface area contributed by atoms with Crippen molar-refractivity contribution in [2.45, 2.75) is 18.8 Å². The first kappa shape index (κ1) is 18.3. The Morgan fingerprint density at radius 3 is 2.77 bits per heavy atom. The second-order valence-corrected chi connectivity index (χ2v) is 6.40. The Morgan fingerprint density at radius 2 is 2.08 bits per heavy atom. The van der Waals surface area contributed by atoms with Gasteiger partial charge in [-0.15, -0.1) is 0 Å². The molecule has 1 unspecified atom stereocenters. The van der Waals surface area contributed by atoms with Gasteiger partial charge in [-0.3, -0.25) is 4.79 Å². The molecule has 137 valence electrons. The van der Waals surface area contributed by atoms with Crippen molar-refractivity contribution in [3.8, 4) is 11.5 Å². The molecule has 1 amide bonds. The molecule has 0 aliphatic carbocycles. The van der Waals surface area contributed by atoms with Gasteiger partial charge in [0.15, 0.2) is 0 Å². The lowest BCUT2D eigenvalue weighted by molar-refractivity contribution is -0.130. The Bertz CT molecular complexity index is 727. The minimum absolute atomic E-state index is 0.0711. The minimum atomic E-state index is -0.0711. The number of phenolic OH excluding ortho intramolecular Hbond substituents is 1. The highest BCUT2D eigenvalue weighted by atomic mass is 16.5. The monoisotopic (exact) mass is 353 g/mol. The Morgan fingerprint density at radius 1 is 1.27 bits per heavy atom. The van der Waals surface area contributed by atoms with Crippen LogP contribution in [0.2, 0.25) is 0 Å². The summed E-state index contributed by atoms with van der Waals surface area (Å²) in [5, 5.41) is 13.6. The standard InChI is InChI=1S/C21H25N2O3/c1-26-17-7-9-20(24)19(15-17)18(16-5-3-2-4-6-16)8-10-21(25)23-13-11-22-12-14-23/h2-7,9,13,15,18,22,24H,8,10-12,14H2,1H3. The molecule has 1 radical (unpaired) electrons. The number of benzene rings is 2. The van der Waals surface area contributed by atoms with Gasteiger partial charge in [-0.1, -0.05) is 30.3 Å². The zero-order valence-corrected chi connectivity index (χ0v) is 15.0. The Labute approximate surface area is 154 Å². The smallest absolute Gasteiger partial charge is 0.223 e. The van der Waals surface area contributed by atoms with E-state index in [1.165, 1.54) is 0 Å². The van der Waals surface area contributed by atoms with Gasteiger partial charge >= 0.3 is 0 Å². The lowest BCUT2D eigenvalue weighted by Gasteiger charge is -2.28. The van der Waals surface area contributed by atoms with Crippen molar-refractivity contribution in [3.05, 3.63) is 66.2 Å². The van der Waals surface area contributed by atoms with E-state index in [0.29, 0.717) is 25.1 Å². The number of phenols is 1. The molecule has 3 rings (SSSR count). The fraction of sp³-hybridized carbons (Fsp3) is 0.333. The highest BCUT2D eigenvalue weighted by Crippen LogP contribution is 2.37. The fourth-order valence-electron chi connectivity index (χ4n) is 3.33. The van der Waals surface area contributed by atoms with E-state index in [2.05, 4.69) is 5.32 Å². The van der Waals surface area contributed by atoms with Crippen LogP contribution in [-0.4, -0.2) is 42.7 Å². The van der Waals surface area contributed by atoms with Crippen LogP contribution in [0.4, 0.5) is 0 Å². The van der Waals surface area contributed by atoms with E-state index in [0.717, 1.165) is 24.2 Å². The number of hydrogen-bond donors (Lipinski definition) is 2. The Kier molecular flexibility index (Phi) is 6.12. The first-order valence-electron chi connectivity index (χ1n) is 8.94. The van der Waals surface area contributed by atoms with Crippen molar-refractivity contribution in [1.29, 1.82) is 0 Å². The molecule has 1 saturated heterocycles. The van der Waals surface area contributed by atoms with Gasteiger partial charge in [0.2, 0.25) is 5.91 Å². The number of piperazine rings is 1. The molecule has 5 nitrogen and oxygen atoms in total. The number of rotatable bonds is 6. The predicted molar refractivity (Wildman–Crippen MR) is 101 cm³/mol. The number of ether oxygens (including phenoxy) is 1. The van der Waals surface area contributed by atoms with E-state index in [4.69, 9.17) is 4.74 Å². The summed E-state index contributed by atoms with van der Waals surface area (Å²) in [5.74, 6) is 0.967. The van der Waals surface area contributed by atoms with Crippen LogP contribution in [0.25, 0.3) is 0 Å². The van der Waals surface area contributed by atoms with Gasteiger partial charge in [-0.05, 0) is 30.2 Å². The molecule has 0 bridgehead atoms. The van der Waals surface area contributed by atoms with Crippen molar-refractivity contribution in [2.24, 2.45) is 0 Å². The summed E-state index contributed by atoms with van der Waals surface area (Å²) in [5.41, 5.74) is 1.86. The summed E-state index contributed by atoms with van der Waals surface area (Å²) in [6.45, 7) is 4.16. The number of methoxy groups -OCH3 is 1. The van der Waals surface area contributed by atoms with Crippen molar-refractivity contribution < 1.29 is 14.6 Å².